The van der Waals surface area contributed by atoms with Gasteiger partial charge in [-0.3, -0.25) is 0 Å². The van der Waals surface area contributed by atoms with Crippen molar-refractivity contribution in [1.29, 1.82) is 0 Å². The van der Waals surface area contributed by atoms with Gasteiger partial charge in [-0.1, -0.05) is 44.0 Å². The summed E-state index contributed by atoms with van der Waals surface area (Å²) in [6, 6.07) is 12.8. The molecule has 0 aromatic heterocycles. The van der Waals surface area contributed by atoms with Gasteiger partial charge in [0.1, 0.15) is 5.82 Å². The normalized spacial score (nSPS) is 12.4. The number of hydrogen-bond acceptors (Lipinski definition) is 1. The average molecular weight is 387 g/mol. The number of rotatable bonds is 4. The summed E-state index contributed by atoms with van der Waals surface area (Å²) in [5.41, 5.74) is 8.23. The molecule has 0 fully saturated rings. The fourth-order valence-corrected chi connectivity index (χ4v) is 2.65. The first-order chi connectivity index (χ1) is 9.04. The van der Waals surface area contributed by atoms with Crippen molar-refractivity contribution in [2.45, 2.75) is 18.9 Å². The van der Waals surface area contributed by atoms with Gasteiger partial charge in [0.15, 0.2) is 0 Å². The zero-order valence-electron chi connectivity index (χ0n) is 10.2. The summed E-state index contributed by atoms with van der Waals surface area (Å²) in [6.45, 7) is 0. The van der Waals surface area contributed by atoms with Crippen LogP contribution >= 0.6 is 31.9 Å². The van der Waals surface area contributed by atoms with Crippen LogP contribution in [0.1, 0.15) is 11.1 Å². The predicted octanol–water partition coefficient (Wildman–Crippen LogP) is 4.46. The van der Waals surface area contributed by atoms with E-state index < -0.39 is 0 Å². The Morgan fingerprint density at radius 2 is 1.68 bits per heavy atom. The zero-order chi connectivity index (χ0) is 13.8. The Kier molecular flexibility index (Phi) is 5.13. The number of nitrogens with two attached hydrogens (primary N) is 1. The van der Waals surface area contributed by atoms with E-state index >= 15 is 0 Å². The van der Waals surface area contributed by atoms with Crippen molar-refractivity contribution in [2.75, 3.05) is 0 Å². The van der Waals surface area contributed by atoms with Gasteiger partial charge < -0.3 is 5.73 Å². The van der Waals surface area contributed by atoms with Gasteiger partial charge >= 0.3 is 0 Å². The molecule has 2 N–H and O–H groups in total. The highest BCUT2D eigenvalue weighted by molar-refractivity contribution is 9.10. The molecule has 1 atom stereocenters. The van der Waals surface area contributed by atoms with E-state index in [-0.39, 0.29) is 11.9 Å². The molecule has 0 aliphatic heterocycles. The summed E-state index contributed by atoms with van der Waals surface area (Å²) in [4.78, 5) is 0. The molecule has 1 unspecified atom stereocenters. The fourth-order valence-electron chi connectivity index (χ4n) is 1.98. The quantitative estimate of drug-likeness (QED) is 0.824. The third-order valence-corrected chi connectivity index (χ3v) is 4.20. The van der Waals surface area contributed by atoms with E-state index in [9.17, 15) is 4.39 Å². The molecular formula is C15H14Br2FN. The van der Waals surface area contributed by atoms with Crippen molar-refractivity contribution in [2.24, 2.45) is 5.73 Å². The van der Waals surface area contributed by atoms with Crippen LogP contribution in [0.2, 0.25) is 0 Å². The van der Waals surface area contributed by atoms with Crippen LogP contribution in [0.25, 0.3) is 0 Å². The van der Waals surface area contributed by atoms with Gasteiger partial charge in [-0.05, 0) is 54.3 Å². The molecule has 0 bridgehead atoms. The van der Waals surface area contributed by atoms with E-state index in [2.05, 4.69) is 31.9 Å². The lowest BCUT2D eigenvalue weighted by atomic mass is 10.00. The van der Waals surface area contributed by atoms with Gasteiger partial charge in [0, 0.05) is 15.0 Å². The first-order valence-electron chi connectivity index (χ1n) is 5.98. The molecule has 19 heavy (non-hydrogen) atoms. The number of benzene rings is 2. The van der Waals surface area contributed by atoms with E-state index in [4.69, 9.17) is 5.73 Å². The highest BCUT2D eigenvalue weighted by atomic mass is 79.9. The minimum Gasteiger partial charge on any atom is -0.327 e. The largest absolute Gasteiger partial charge is 0.327 e. The maximum Gasteiger partial charge on any atom is 0.123 e. The molecular weight excluding hydrogens is 373 g/mol. The van der Waals surface area contributed by atoms with Crippen molar-refractivity contribution in [3.63, 3.8) is 0 Å². The molecule has 0 saturated heterocycles. The van der Waals surface area contributed by atoms with Crippen LogP contribution in [-0.2, 0) is 12.8 Å². The van der Waals surface area contributed by atoms with Crippen molar-refractivity contribution in [3.8, 4) is 0 Å². The topological polar surface area (TPSA) is 26.0 Å². The highest BCUT2D eigenvalue weighted by Crippen LogP contribution is 2.20. The molecule has 0 aliphatic rings. The smallest absolute Gasteiger partial charge is 0.123 e. The standard InChI is InChI=1S/C15H14Br2FN/c16-12-3-1-10(2-4-12)7-14(19)9-11-8-13(18)5-6-15(11)17/h1-6,8,14H,7,9,19H2. The second-order valence-corrected chi connectivity index (χ2v) is 6.30. The molecule has 2 aromatic carbocycles. The molecule has 100 valence electrons. The van der Waals surface area contributed by atoms with Crippen molar-refractivity contribution >= 4 is 31.9 Å². The Morgan fingerprint density at radius 1 is 1.00 bits per heavy atom. The van der Waals surface area contributed by atoms with Gasteiger partial charge in [-0.2, -0.15) is 0 Å². The Morgan fingerprint density at radius 3 is 2.37 bits per heavy atom. The third-order valence-electron chi connectivity index (χ3n) is 2.90. The predicted molar refractivity (Wildman–Crippen MR) is 83.6 cm³/mol. The SMILES string of the molecule is NC(Cc1ccc(Br)cc1)Cc1cc(F)ccc1Br. The average Bonchev–Trinajstić information content (AvgIpc) is 2.37. The molecule has 0 heterocycles. The highest BCUT2D eigenvalue weighted by Gasteiger charge is 2.09. The Hall–Kier alpha value is -0.710. The summed E-state index contributed by atoms with van der Waals surface area (Å²) in [7, 11) is 0. The van der Waals surface area contributed by atoms with Crippen LogP contribution in [0.4, 0.5) is 4.39 Å². The molecule has 1 nitrogen and oxygen atoms in total. The lowest BCUT2D eigenvalue weighted by molar-refractivity contribution is 0.617. The third kappa shape index (κ3) is 4.41. The lowest BCUT2D eigenvalue weighted by Crippen LogP contribution is -2.25. The van der Waals surface area contributed by atoms with Crippen molar-refractivity contribution < 1.29 is 4.39 Å². The van der Waals surface area contributed by atoms with E-state index in [1.165, 1.54) is 17.7 Å². The van der Waals surface area contributed by atoms with E-state index in [1.807, 2.05) is 24.3 Å². The van der Waals surface area contributed by atoms with Gasteiger partial charge in [0.05, 0.1) is 0 Å². The second-order valence-electron chi connectivity index (χ2n) is 4.53. The molecule has 0 amide bonds. The minimum atomic E-state index is -0.228. The molecule has 0 radical (unpaired) electrons. The first-order valence-corrected chi connectivity index (χ1v) is 7.57. The Bertz CT molecular complexity index is 555. The van der Waals surface area contributed by atoms with Crippen LogP contribution in [0.15, 0.2) is 51.4 Å². The molecule has 0 aliphatic carbocycles. The summed E-state index contributed by atoms with van der Waals surface area (Å²) in [5, 5.41) is 0. The maximum absolute atomic E-state index is 13.2. The van der Waals surface area contributed by atoms with Crippen LogP contribution in [0.5, 0.6) is 0 Å². The maximum atomic E-state index is 13.2. The summed E-state index contributed by atoms with van der Waals surface area (Å²) < 4.78 is 15.2. The molecule has 0 spiro atoms. The van der Waals surface area contributed by atoms with Crippen LogP contribution in [0.3, 0.4) is 0 Å². The number of hydrogen-bond donors (Lipinski definition) is 1. The molecule has 2 aromatic rings. The van der Waals surface area contributed by atoms with E-state index in [0.29, 0.717) is 6.42 Å². The van der Waals surface area contributed by atoms with E-state index in [0.717, 1.165) is 20.9 Å². The van der Waals surface area contributed by atoms with Gasteiger partial charge in [0.2, 0.25) is 0 Å². The molecule has 4 heteroatoms. The van der Waals surface area contributed by atoms with Crippen LogP contribution in [0, 0.1) is 5.82 Å². The zero-order valence-corrected chi connectivity index (χ0v) is 13.4. The van der Waals surface area contributed by atoms with Crippen molar-refractivity contribution in [1.82, 2.24) is 0 Å². The fraction of sp³-hybridized carbons (Fsp3) is 0.200. The molecule has 2 rings (SSSR count). The van der Waals surface area contributed by atoms with Crippen LogP contribution < -0.4 is 5.73 Å². The number of halogens is 3. The van der Waals surface area contributed by atoms with Crippen molar-refractivity contribution in [3.05, 3.63) is 68.4 Å². The van der Waals surface area contributed by atoms with Gasteiger partial charge in [0.25, 0.3) is 0 Å². The lowest BCUT2D eigenvalue weighted by Gasteiger charge is -2.13. The molecule has 0 saturated carbocycles. The van der Waals surface area contributed by atoms with Gasteiger partial charge in [-0.15, -0.1) is 0 Å². The Balaban J connectivity index is 2.02. The van der Waals surface area contributed by atoms with Gasteiger partial charge in [-0.25, -0.2) is 4.39 Å². The first kappa shape index (κ1) is 14.7. The second kappa shape index (κ2) is 6.64. The Labute approximate surface area is 129 Å². The summed E-state index contributed by atoms with van der Waals surface area (Å²) in [5.74, 6) is -0.228. The monoisotopic (exact) mass is 385 g/mol. The van der Waals surface area contributed by atoms with E-state index in [1.54, 1.807) is 6.07 Å². The minimum absolute atomic E-state index is 0.0284. The summed E-state index contributed by atoms with van der Waals surface area (Å²) >= 11 is 6.83. The summed E-state index contributed by atoms with van der Waals surface area (Å²) in [6.07, 6.45) is 1.42. The van der Waals surface area contributed by atoms with Crippen LogP contribution in [-0.4, -0.2) is 6.04 Å².